The zero-order valence-corrected chi connectivity index (χ0v) is 13.1. The Hall–Kier alpha value is -2.22. The lowest BCUT2D eigenvalue weighted by molar-refractivity contribution is -0.128. The maximum absolute atomic E-state index is 12.2. The van der Waals surface area contributed by atoms with Crippen LogP contribution in [0.15, 0.2) is 18.2 Å². The minimum atomic E-state index is -0.608. The Morgan fingerprint density at radius 1 is 1.32 bits per heavy atom. The summed E-state index contributed by atoms with van der Waals surface area (Å²) in [5.74, 6) is 0.808. The Labute approximate surface area is 131 Å². The number of carbonyl (C=O) groups excluding carboxylic acids is 1. The molecule has 1 saturated carbocycles. The highest BCUT2D eigenvalue weighted by Crippen LogP contribution is 2.28. The van der Waals surface area contributed by atoms with E-state index in [9.17, 15) is 4.79 Å². The van der Waals surface area contributed by atoms with Crippen LogP contribution in [0.1, 0.15) is 44.6 Å². The molecule has 1 fully saturated rings. The van der Waals surface area contributed by atoms with Gasteiger partial charge in [-0.25, -0.2) is 0 Å². The SMILES string of the molecule is COc1cc(C#N)ccc1OC(C)C(=O)NC1CCCCC1. The summed E-state index contributed by atoms with van der Waals surface area (Å²) in [6.45, 7) is 1.72. The van der Waals surface area contributed by atoms with E-state index in [1.807, 2.05) is 6.07 Å². The normalized spacial score (nSPS) is 16.4. The summed E-state index contributed by atoms with van der Waals surface area (Å²) in [5.41, 5.74) is 0.489. The van der Waals surface area contributed by atoms with Crippen LogP contribution in [0.4, 0.5) is 0 Å². The average Bonchev–Trinajstić information content (AvgIpc) is 2.56. The third kappa shape index (κ3) is 4.14. The maximum atomic E-state index is 12.2. The molecule has 2 rings (SSSR count). The van der Waals surface area contributed by atoms with Gasteiger partial charge in [0.1, 0.15) is 0 Å². The third-order valence-electron chi connectivity index (χ3n) is 3.92. The number of ether oxygens (including phenoxy) is 2. The second-order valence-corrected chi connectivity index (χ2v) is 5.58. The Morgan fingerprint density at radius 3 is 2.68 bits per heavy atom. The van der Waals surface area contributed by atoms with Gasteiger partial charge >= 0.3 is 0 Å². The zero-order valence-electron chi connectivity index (χ0n) is 13.1. The molecule has 1 aromatic rings. The van der Waals surface area contributed by atoms with Gasteiger partial charge in [0, 0.05) is 12.1 Å². The molecule has 1 aromatic carbocycles. The summed E-state index contributed by atoms with van der Waals surface area (Å²) < 4.78 is 10.9. The van der Waals surface area contributed by atoms with Gasteiger partial charge in [-0.15, -0.1) is 0 Å². The van der Waals surface area contributed by atoms with Gasteiger partial charge in [0.2, 0.25) is 0 Å². The fourth-order valence-corrected chi connectivity index (χ4v) is 2.64. The zero-order chi connectivity index (χ0) is 15.9. The fourth-order valence-electron chi connectivity index (χ4n) is 2.64. The van der Waals surface area contributed by atoms with Crippen molar-refractivity contribution in [2.75, 3.05) is 7.11 Å². The Kier molecular flexibility index (Phi) is 5.65. The van der Waals surface area contributed by atoms with E-state index >= 15 is 0 Å². The highest BCUT2D eigenvalue weighted by Gasteiger charge is 2.21. The monoisotopic (exact) mass is 302 g/mol. The molecule has 1 aliphatic carbocycles. The van der Waals surface area contributed by atoms with Crippen molar-refractivity contribution < 1.29 is 14.3 Å². The first-order valence-corrected chi connectivity index (χ1v) is 7.69. The largest absolute Gasteiger partial charge is 0.493 e. The van der Waals surface area contributed by atoms with Crippen LogP contribution in [0.5, 0.6) is 11.5 Å². The molecular formula is C17H22N2O3. The van der Waals surface area contributed by atoms with Gasteiger partial charge < -0.3 is 14.8 Å². The van der Waals surface area contributed by atoms with Crippen LogP contribution in [-0.4, -0.2) is 25.2 Å². The Balaban J connectivity index is 1.97. The van der Waals surface area contributed by atoms with Crippen molar-refractivity contribution in [2.45, 2.75) is 51.2 Å². The van der Waals surface area contributed by atoms with Gasteiger partial charge in [-0.1, -0.05) is 19.3 Å². The molecule has 1 aliphatic rings. The van der Waals surface area contributed by atoms with Gasteiger partial charge in [0.25, 0.3) is 5.91 Å². The first-order chi connectivity index (χ1) is 10.6. The second kappa shape index (κ2) is 7.69. The smallest absolute Gasteiger partial charge is 0.260 e. The minimum Gasteiger partial charge on any atom is -0.493 e. The fraction of sp³-hybridized carbons (Fsp3) is 0.529. The van der Waals surface area contributed by atoms with Crippen molar-refractivity contribution in [1.82, 2.24) is 5.32 Å². The number of hydrogen-bond donors (Lipinski definition) is 1. The maximum Gasteiger partial charge on any atom is 0.260 e. The van der Waals surface area contributed by atoms with Crippen LogP contribution < -0.4 is 14.8 Å². The highest BCUT2D eigenvalue weighted by molar-refractivity contribution is 5.81. The molecule has 22 heavy (non-hydrogen) atoms. The second-order valence-electron chi connectivity index (χ2n) is 5.58. The third-order valence-corrected chi connectivity index (χ3v) is 3.92. The number of methoxy groups -OCH3 is 1. The lowest BCUT2D eigenvalue weighted by Crippen LogP contribution is -2.43. The number of nitrogens with one attached hydrogen (secondary N) is 1. The molecule has 1 amide bonds. The van der Waals surface area contributed by atoms with Crippen molar-refractivity contribution in [3.8, 4) is 17.6 Å². The Bertz CT molecular complexity index is 560. The predicted octanol–water partition coefficient (Wildman–Crippen LogP) is 2.78. The molecule has 0 radical (unpaired) electrons. The lowest BCUT2D eigenvalue weighted by atomic mass is 9.95. The van der Waals surface area contributed by atoms with E-state index in [4.69, 9.17) is 14.7 Å². The molecule has 0 spiro atoms. The van der Waals surface area contributed by atoms with Gasteiger partial charge in [-0.2, -0.15) is 5.26 Å². The van der Waals surface area contributed by atoms with Crippen molar-refractivity contribution in [3.05, 3.63) is 23.8 Å². The molecule has 0 heterocycles. The van der Waals surface area contributed by atoms with E-state index in [2.05, 4.69) is 5.32 Å². The summed E-state index contributed by atoms with van der Waals surface area (Å²) in [6, 6.07) is 7.20. The van der Waals surface area contributed by atoms with E-state index in [1.54, 1.807) is 25.1 Å². The van der Waals surface area contributed by atoms with Crippen LogP contribution >= 0.6 is 0 Å². The van der Waals surface area contributed by atoms with E-state index < -0.39 is 6.10 Å². The lowest BCUT2D eigenvalue weighted by Gasteiger charge is -2.25. The standard InChI is InChI=1S/C17H22N2O3/c1-12(17(20)19-14-6-4-3-5-7-14)22-15-9-8-13(11-18)10-16(15)21-2/h8-10,12,14H,3-7H2,1-2H3,(H,19,20). The number of rotatable bonds is 5. The molecule has 0 bridgehead atoms. The van der Waals surface area contributed by atoms with Crippen LogP contribution in [0, 0.1) is 11.3 Å². The molecule has 1 atom stereocenters. The first kappa shape index (κ1) is 16.2. The number of hydrogen-bond acceptors (Lipinski definition) is 4. The van der Waals surface area contributed by atoms with Crippen molar-refractivity contribution >= 4 is 5.91 Å². The number of amides is 1. The summed E-state index contributed by atoms with van der Waals surface area (Å²) in [4.78, 5) is 12.2. The van der Waals surface area contributed by atoms with Crippen molar-refractivity contribution in [3.63, 3.8) is 0 Å². The predicted molar refractivity (Wildman–Crippen MR) is 82.8 cm³/mol. The number of benzene rings is 1. The minimum absolute atomic E-state index is 0.113. The van der Waals surface area contributed by atoms with E-state index in [-0.39, 0.29) is 11.9 Å². The van der Waals surface area contributed by atoms with Crippen molar-refractivity contribution in [2.24, 2.45) is 0 Å². The van der Waals surface area contributed by atoms with Gasteiger partial charge in [0.15, 0.2) is 17.6 Å². The van der Waals surface area contributed by atoms with Gasteiger partial charge in [-0.05, 0) is 31.9 Å². The van der Waals surface area contributed by atoms with Gasteiger partial charge in [-0.3, -0.25) is 4.79 Å². The molecule has 0 aromatic heterocycles. The van der Waals surface area contributed by atoms with Gasteiger partial charge in [0.05, 0.1) is 18.7 Å². The number of nitriles is 1. The highest BCUT2D eigenvalue weighted by atomic mass is 16.5. The van der Waals surface area contributed by atoms with Crippen molar-refractivity contribution in [1.29, 1.82) is 5.26 Å². The topological polar surface area (TPSA) is 71.3 Å². The molecule has 0 aliphatic heterocycles. The number of nitrogens with zero attached hydrogens (tertiary/aromatic N) is 1. The molecule has 1 N–H and O–H groups in total. The summed E-state index contributed by atoms with van der Waals surface area (Å²) in [7, 11) is 1.51. The number of carbonyl (C=O) groups is 1. The van der Waals surface area contributed by atoms with Crippen LogP contribution in [0.3, 0.4) is 0 Å². The summed E-state index contributed by atoms with van der Waals surface area (Å²) in [6.07, 6.45) is 5.06. The first-order valence-electron chi connectivity index (χ1n) is 7.69. The quantitative estimate of drug-likeness (QED) is 0.908. The van der Waals surface area contributed by atoms with E-state index in [0.717, 1.165) is 12.8 Å². The molecule has 118 valence electrons. The molecule has 5 heteroatoms. The average molecular weight is 302 g/mol. The summed E-state index contributed by atoms with van der Waals surface area (Å²) >= 11 is 0. The molecule has 1 unspecified atom stereocenters. The Morgan fingerprint density at radius 2 is 2.05 bits per heavy atom. The summed E-state index contributed by atoms with van der Waals surface area (Å²) in [5, 5.41) is 11.9. The van der Waals surface area contributed by atoms with Crippen LogP contribution in [-0.2, 0) is 4.79 Å². The van der Waals surface area contributed by atoms with E-state index in [1.165, 1.54) is 26.4 Å². The van der Waals surface area contributed by atoms with E-state index in [0.29, 0.717) is 17.1 Å². The molecular weight excluding hydrogens is 280 g/mol. The molecule has 5 nitrogen and oxygen atoms in total. The molecule has 0 saturated heterocycles. The van der Waals surface area contributed by atoms with Crippen LogP contribution in [0.2, 0.25) is 0 Å². The van der Waals surface area contributed by atoms with Crippen LogP contribution in [0.25, 0.3) is 0 Å².